The molecule has 1 fully saturated rings. The lowest BCUT2D eigenvalue weighted by Crippen LogP contribution is -2.39. The molecule has 19 heavy (non-hydrogen) atoms. The number of amides is 2. The summed E-state index contributed by atoms with van der Waals surface area (Å²) in [6.07, 6.45) is 1.70. The second-order valence-corrected chi connectivity index (χ2v) is 4.73. The highest BCUT2D eigenvalue weighted by Gasteiger charge is 2.30. The smallest absolute Gasteiger partial charge is 0.301 e. The Kier molecular flexibility index (Phi) is 3.87. The number of carbonyl (C=O) groups is 2. The number of hydrazine groups is 1. The van der Waals surface area contributed by atoms with E-state index in [0.29, 0.717) is 17.9 Å². The van der Waals surface area contributed by atoms with Crippen molar-refractivity contribution < 1.29 is 14.0 Å². The van der Waals surface area contributed by atoms with Gasteiger partial charge in [-0.05, 0) is 32.4 Å². The Bertz CT molecular complexity index is 497. The number of likely N-dealkylation sites (tertiary alicyclic amines) is 1. The zero-order chi connectivity index (χ0) is 14.0. The van der Waals surface area contributed by atoms with Gasteiger partial charge in [0, 0.05) is 5.56 Å². The zero-order valence-corrected chi connectivity index (χ0v) is 10.8. The molecule has 0 bridgehead atoms. The largest absolute Gasteiger partial charge is 0.454 e. The Labute approximate surface area is 110 Å². The molecule has 0 aliphatic carbocycles. The summed E-state index contributed by atoms with van der Waals surface area (Å²) in [5, 5.41) is 0. The van der Waals surface area contributed by atoms with E-state index in [9.17, 15) is 9.59 Å². The van der Waals surface area contributed by atoms with Gasteiger partial charge in [-0.1, -0.05) is 0 Å². The standard InChI is InChI=1S/C12H18N4O3/c1-7-5-8(19-10(7)12(18)15-14)6-16-4-2-3-9(16)11(13)17/h5,9H,2-4,6,14H2,1H3,(H2,13,17)(H,15,18). The van der Waals surface area contributed by atoms with Gasteiger partial charge in [-0.15, -0.1) is 0 Å². The van der Waals surface area contributed by atoms with E-state index in [-0.39, 0.29) is 17.7 Å². The molecular weight excluding hydrogens is 248 g/mol. The van der Waals surface area contributed by atoms with Gasteiger partial charge in [0.15, 0.2) is 5.76 Å². The van der Waals surface area contributed by atoms with E-state index >= 15 is 0 Å². The summed E-state index contributed by atoms with van der Waals surface area (Å²) in [4.78, 5) is 24.7. The molecule has 1 aliphatic heterocycles. The van der Waals surface area contributed by atoms with E-state index in [4.69, 9.17) is 16.0 Å². The molecule has 1 saturated heterocycles. The van der Waals surface area contributed by atoms with Crippen LogP contribution in [-0.2, 0) is 11.3 Å². The van der Waals surface area contributed by atoms with Crippen LogP contribution >= 0.6 is 0 Å². The molecule has 1 aliphatic rings. The lowest BCUT2D eigenvalue weighted by Gasteiger charge is -2.20. The number of nitrogens with two attached hydrogens (primary N) is 2. The second-order valence-electron chi connectivity index (χ2n) is 4.73. The van der Waals surface area contributed by atoms with Crippen molar-refractivity contribution in [2.45, 2.75) is 32.4 Å². The quantitative estimate of drug-likeness (QED) is 0.391. The van der Waals surface area contributed by atoms with Crippen LogP contribution in [0.2, 0.25) is 0 Å². The van der Waals surface area contributed by atoms with Crippen molar-refractivity contribution in [3.63, 3.8) is 0 Å². The van der Waals surface area contributed by atoms with E-state index in [2.05, 4.69) is 0 Å². The molecule has 0 saturated carbocycles. The molecule has 2 amide bonds. The van der Waals surface area contributed by atoms with Gasteiger partial charge < -0.3 is 10.2 Å². The number of hydrogen-bond acceptors (Lipinski definition) is 5. The predicted octanol–water partition coefficient (Wildman–Crippen LogP) is -0.359. The van der Waals surface area contributed by atoms with Crippen LogP contribution < -0.4 is 17.0 Å². The summed E-state index contributed by atoms with van der Waals surface area (Å²) in [5.74, 6) is 5.13. The summed E-state index contributed by atoms with van der Waals surface area (Å²) in [7, 11) is 0. The summed E-state index contributed by atoms with van der Waals surface area (Å²) in [5.41, 5.74) is 8.11. The maximum absolute atomic E-state index is 11.4. The van der Waals surface area contributed by atoms with Gasteiger partial charge in [0.2, 0.25) is 5.91 Å². The van der Waals surface area contributed by atoms with Gasteiger partial charge in [-0.2, -0.15) is 0 Å². The Morgan fingerprint density at radius 2 is 2.32 bits per heavy atom. The van der Waals surface area contributed by atoms with Crippen LogP contribution in [0.5, 0.6) is 0 Å². The van der Waals surface area contributed by atoms with E-state index < -0.39 is 5.91 Å². The lowest BCUT2D eigenvalue weighted by molar-refractivity contribution is -0.122. The van der Waals surface area contributed by atoms with Crippen LogP contribution in [0, 0.1) is 6.92 Å². The second kappa shape index (κ2) is 5.41. The van der Waals surface area contributed by atoms with Crippen LogP contribution in [0.1, 0.15) is 34.7 Å². The van der Waals surface area contributed by atoms with Crippen molar-refractivity contribution >= 4 is 11.8 Å². The molecule has 5 N–H and O–H groups in total. The fourth-order valence-corrected chi connectivity index (χ4v) is 2.45. The first kappa shape index (κ1) is 13.6. The van der Waals surface area contributed by atoms with Gasteiger partial charge in [-0.3, -0.25) is 19.9 Å². The summed E-state index contributed by atoms with van der Waals surface area (Å²) >= 11 is 0. The molecule has 1 unspecified atom stereocenters. The van der Waals surface area contributed by atoms with E-state index in [1.165, 1.54) is 0 Å². The predicted molar refractivity (Wildman–Crippen MR) is 67.7 cm³/mol. The Balaban J connectivity index is 2.11. The highest BCUT2D eigenvalue weighted by Crippen LogP contribution is 2.22. The maximum atomic E-state index is 11.4. The fraction of sp³-hybridized carbons (Fsp3) is 0.500. The van der Waals surface area contributed by atoms with E-state index in [0.717, 1.165) is 19.4 Å². The normalized spacial score (nSPS) is 19.6. The molecule has 2 rings (SSSR count). The maximum Gasteiger partial charge on any atom is 0.301 e. The zero-order valence-electron chi connectivity index (χ0n) is 10.8. The molecule has 7 nitrogen and oxygen atoms in total. The number of rotatable bonds is 4. The third-order valence-electron chi connectivity index (χ3n) is 3.36. The topological polar surface area (TPSA) is 115 Å². The van der Waals surface area contributed by atoms with Gasteiger partial charge in [-0.25, -0.2) is 5.84 Å². The first-order valence-corrected chi connectivity index (χ1v) is 6.16. The number of furan rings is 1. The van der Waals surface area contributed by atoms with E-state index in [1.54, 1.807) is 13.0 Å². The average molecular weight is 266 g/mol. The summed E-state index contributed by atoms with van der Waals surface area (Å²) < 4.78 is 5.47. The van der Waals surface area contributed by atoms with Crippen LogP contribution in [0.4, 0.5) is 0 Å². The third-order valence-corrected chi connectivity index (χ3v) is 3.36. The van der Waals surface area contributed by atoms with Gasteiger partial charge in [0.05, 0.1) is 12.6 Å². The molecule has 0 radical (unpaired) electrons. The van der Waals surface area contributed by atoms with Crippen LogP contribution in [-0.4, -0.2) is 29.3 Å². The Morgan fingerprint density at radius 3 is 2.95 bits per heavy atom. The number of nitrogens with zero attached hydrogens (tertiary/aromatic N) is 1. The van der Waals surface area contributed by atoms with E-state index in [1.807, 2.05) is 10.3 Å². The van der Waals surface area contributed by atoms with Crippen LogP contribution in [0.25, 0.3) is 0 Å². The number of hydrogen-bond donors (Lipinski definition) is 3. The molecule has 104 valence electrons. The van der Waals surface area contributed by atoms with Crippen molar-refractivity contribution in [1.82, 2.24) is 10.3 Å². The number of aryl methyl sites for hydroxylation is 1. The highest BCUT2D eigenvalue weighted by molar-refractivity contribution is 5.92. The van der Waals surface area contributed by atoms with Gasteiger partial charge >= 0.3 is 5.91 Å². The van der Waals surface area contributed by atoms with Crippen molar-refractivity contribution in [2.75, 3.05) is 6.54 Å². The van der Waals surface area contributed by atoms with Crippen LogP contribution in [0.15, 0.2) is 10.5 Å². The molecule has 0 spiro atoms. The van der Waals surface area contributed by atoms with Gasteiger partial charge in [0.1, 0.15) is 5.76 Å². The van der Waals surface area contributed by atoms with Crippen molar-refractivity contribution in [1.29, 1.82) is 0 Å². The minimum Gasteiger partial charge on any atom is -0.454 e. The molecule has 1 atom stereocenters. The first-order chi connectivity index (χ1) is 9.02. The minimum atomic E-state index is -0.461. The molecule has 0 aromatic carbocycles. The summed E-state index contributed by atoms with van der Waals surface area (Å²) in [6, 6.07) is 1.53. The van der Waals surface area contributed by atoms with Crippen molar-refractivity contribution in [2.24, 2.45) is 11.6 Å². The third kappa shape index (κ3) is 2.77. The SMILES string of the molecule is Cc1cc(CN2CCCC2C(N)=O)oc1C(=O)NN. The Morgan fingerprint density at radius 1 is 1.58 bits per heavy atom. The number of nitrogens with one attached hydrogen (secondary N) is 1. The molecule has 1 aromatic heterocycles. The summed E-state index contributed by atoms with van der Waals surface area (Å²) in [6.45, 7) is 3.03. The fourth-order valence-electron chi connectivity index (χ4n) is 2.45. The molecule has 2 heterocycles. The van der Waals surface area contributed by atoms with Crippen LogP contribution in [0.3, 0.4) is 0 Å². The molecular formula is C12H18N4O3. The Hall–Kier alpha value is -1.86. The number of carbonyl (C=O) groups excluding carboxylic acids is 2. The minimum absolute atomic E-state index is 0.201. The highest BCUT2D eigenvalue weighted by atomic mass is 16.4. The number of nitrogen functional groups attached to an aromatic ring is 1. The molecule has 7 heteroatoms. The average Bonchev–Trinajstić information content (AvgIpc) is 2.95. The first-order valence-electron chi connectivity index (χ1n) is 6.16. The molecule has 1 aromatic rings. The lowest BCUT2D eigenvalue weighted by atomic mass is 10.2. The number of primary amides is 1. The van der Waals surface area contributed by atoms with Gasteiger partial charge in [0.25, 0.3) is 0 Å². The van der Waals surface area contributed by atoms with Crippen molar-refractivity contribution in [3.8, 4) is 0 Å². The van der Waals surface area contributed by atoms with Crippen molar-refractivity contribution in [3.05, 3.63) is 23.2 Å². The monoisotopic (exact) mass is 266 g/mol.